The maximum Gasteiger partial charge on any atom is 0.120 e. The SMILES string of the molecule is C=CC(O)SC(O)C=C. The summed E-state index contributed by atoms with van der Waals surface area (Å²) in [5.74, 6) is 0. The van der Waals surface area contributed by atoms with Gasteiger partial charge in [0.2, 0.25) is 0 Å². The van der Waals surface area contributed by atoms with Crippen molar-refractivity contribution in [3.8, 4) is 0 Å². The van der Waals surface area contributed by atoms with Crippen LogP contribution in [0.3, 0.4) is 0 Å². The molecule has 0 saturated heterocycles. The van der Waals surface area contributed by atoms with Crippen LogP contribution in [0.4, 0.5) is 0 Å². The molecule has 0 heterocycles. The van der Waals surface area contributed by atoms with E-state index in [4.69, 9.17) is 10.2 Å². The molecule has 52 valence electrons. The second kappa shape index (κ2) is 4.61. The Hall–Kier alpha value is -0.250. The van der Waals surface area contributed by atoms with E-state index < -0.39 is 10.9 Å². The Morgan fingerprint density at radius 3 is 1.67 bits per heavy atom. The van der Waals surface area contributed by atoms with Crippen LogP contribution >= 0.6 is 11.8 Å². The van der Waals surface area contributed by atoms with Crippen molar-refractivity contribution in [2.24, 2.45) is 0 Å². The van der Waals surface area contributed by atoms with Gasteiger partial charge < -0.3 is 10.2 Å². The highest BCUT2D eigenvalue weighted by molar-refractivity contribution is 8.00. The molecule has 9 heavy (non-hydrogen) atoms. The van der Waals surface area contributed by atoms with Crippen molar-refractivity contribution in [3.05, 3.63) is 25.3 Å². The Labute approximate surface area is 58.9 Å². The monoisotopic (exact) mass is 146 g/mol. The van der Waals surface area contributed by atoms with Crippen molar-refractivity contribution >= 4 is 11.8 Å². The molecule has 0 aromatic carbocycles. The number of aliphatic hydroxyl groups excluding tert-OH is 2. The molecular formula is C6H10O2S. The number of aliphatic hydroxyl groups is 2. The second-order valence-corrected chi connectivity index (χ2v) is 2.63. The lowest BCUT2D eigenvalue weighted by atomic mass is 10.7. The molecule has 0 saturated carbocycles. The van der Waals surface area contributed by atoms with Gasteiger partial charge >= 0.3 is 0 Å². The topological polar surface area (TPSA) is 40.5 Å². The van der Waals surface area contributed by atoms with E-state index in [-0.39, 0.29) is 0 Å². The average molecular weight is 146 g/mol. The van der Waals surface area contributed by atoms with Crippen molar-refractivity contribution in [1.29, 1.82) is 0 Å². The molecule has 0 aromatic heterocycles. The van der Waals surface area contributed by atoms with Gasteiger partial charge in [-0.25, -0.2) is 0 Å². The van der Waals surface area contributed by atoms with Gasteiger partial charge in [0, 0.05) is 0 Å². The Morgan fingerprint density at radius 2 is 1.44 bits per heavy atom. The van der Waals surface area contributed by atoms with Gasteiger partial charge in [0.1, 0.15) is 10.9 Å². The molecule has 2 nitrogen and oxygen atoms in total. The van der Waals surface area contributed by atoms with Crippen LogP contribution in [-0.4, -0.2) is 21.1 Å². The summed E-state index contributed by atoms with van der Waals surface area (Å²) in [4.78, 5) is 0. The summed E-state index contributed by atoms with van der Waals surface area (Å²) < 4.78 is 0. The Bertz CT molecular complexity index is 91.2. The van der Waals surface area contributed by atoms with Gasteiger partial charge in [-0.2, -0.15) is 0 Å². The van der Waals surface area contributed by atoms with Gasteiger partial charge in [-0.3, -0.25) is 0 Å². The summed E-state index contributed by atoms with van der Waals surface area (Å²) in [6, 6.07) is 0. The van der Waals surface area contributed by atoms with Gasteiger partial charge in [0.15, 0.2) is 0 Å². The summed E-state index contributed by atoms with van der Waals surface area (Å²) in [5, 5.41) is 17.6. The third-order valence-corrected chi connectivity index (χ3v) is 1.62. The molecule has 0 radical (unpaired) electrons. The van der Waals surface area contributed by atoms with Crippen molar-refractivity contribution < 1.29 is 10.2 Å². The molecule has 0 aliphatic rings. The van der Waals surface area contributed by atoms with Crippen molar-refractivity contribution in [2.45, 2.75) is 10.9 Å². The molecule has 0 rings (SSSR count). The van der Waals surface area contributed by atoms with E-state index in [1.807, 2.05) is 0 Å². The number of hydrogen-bond acceptors (Lipinski definition) is 3. The van der Waals surface area contributed by atoms with Crippen LogP contribution in [0.5, 0.6) is 0 Å². The van der Waals surface area contributed by atoms with E-state index in [1.54, 1.807) is 0 Å². The van der Waals surface area contributed by atoms with Gasteiger partial charge in [0.25, 0.3) is 0 Å². The maximum atomic E-state index is 8.80. The smallest absolute Gasteiger partial charge is 0.120 e. The summed E-state index contributed by atoms with van der Waals surface area (Å²) in [6.45, 7) is 6.66. The average Bonchev–Trinajstić information content (AvgIpc) is 1.87. The summed E-state index contributed by atoms with van der Waals surface area (Å²) in [6.07, 6.45) is 2.69. The predicted molar refractivity (Wildman–Crippen MR) is 40.0 cm³/mol. The van der Waals surface area contributed by atoms with Crippen LogP contribution in [0.2, 0.25) is 0 Å². The minimum Gasteiger partial charge on any atom is -0.379 e. The predicted octanol–water partition coefficient (Wildman–Crippen LogP) is 0.728. The van der Waals surface area contributed by atoms with E-state index >= 15 is 0 Å². The van der Waals surface area contributed by atoms with E-state index in [1.165, 1.54) is 12.2 Å². The van der Waals surface area contributed by atoms with Crippen LogP contribution in [0.25, 0.3) is 0 Å². The summed E-state index contributed by atoms with van der Waals surface area (Å²) >= 11 is 0.975. The van der Waals surface area contributed by atoms with Crippen molar-refractivity contribution in [3.63, 3.8) is 0 Å². The highest BCUT2D eigenvalue weighted by Crippen LogP contribution is 2.14. The first kappa shape index (κ1) is 8.75. The molecule has 0 aliphatic heterocycles. The fourth-order valence-electron chi connectivity index (χ4n) is 0.254. The van der Waals surface area contributed by atoms with Gasteiger partial charge in [-0.1, -0.05) is 37.1 Å². The number of hydrogen-bond donors (Lipinski definition) is 2. The number of thioether (sulfide) groups is 1. The standard InChI is InChI=1S/C6H10O2S/c1-3-5(7)9-6(8)4-2/h3-8H,1-2H2. The summed E-state index contributed by atoms with van der Waals surface area (Å²) in [5.41, 5.74) is -1.42. The molecule has 0 amide bonds. The molecule has 2 N–H and O–H groups in total. The molecule has 2 atom stereocenters. The minimum absolute atomic E-state index is 0.710. The molecule has 0 aliphatic carbocycles. The second-order valence-electron chi connectivity index (χ2n) is 1.39. The van der Waals surface area contributed by atoms with Crippen LogP contribution in [0.15, 0.2) is 25.3 Å². The lowest BCUT2D eigenvalue weighted by Gasteiger charge is -2.06. The first-order valence-electron chi connectivity index (χ1n) is 2.47. The zero-order chi connectivity index (χ0) is 7.28. The van der Waals surface area contributed by atoms with Crippen molar-refractivity contribution in [2.75, 3.05) is 0 Å². The highest BCUT2D eigenvalue weighted by atomic mass is 32.2. The quantitative estimate of drug-likeness (QED) is 0.453. The highest BCUT2D eigenvalue weighted by Gasteiger charge is 2.03. The minimum atomic E-state index is -0.710. The molecule has 3 heteroatoms. The Kier molecular flexibility index (Phi) is 4.48. The van der Waals surface area contributed by atoms with Gasteiger partial charge in [0.05, 0.1) is 0 Å². The normalized spacial score (nSPS) is 16.2. The lowest BCUT2D eigenvalue weighted by molar-refractivity contribution is 0.284. The van der Waals surface area contributed by atoms with Crippen LogP contribution in [-0.2, 0) is 0 Å². The molecule has 2 unspecified atom stereocenters. The molecule has 0 aromatic rings. The Morgan fingerprint density at radius 1 is 1.11 bits per heavy atom. The van der Waals surface area contributed by atoms with E-state index in [2.05, 4.69) is 13.2 Å². The Balaban J connectivity index is 3.45. The van der Waals surface area contributed by atoms with Crippen LogP contribution < -0.4 is 0 Å². The van der Waals surface area contributed by atoms with Gasteiger partial charge in [-0.15, -0.1) is 0 Å². The fraction of sp³-hybridized carbons (Fsp3) is 0.333. The molecule has 0 bridgehead atoms. The largest absolute Gasteiger partial charge is 0.379 e. The third kappa shape index (κ3) is 4.27. The first-order chi connectivity index (χ1) is 4.20. The van der Waals surface area contributed by atoms with E-state index in [9.17, 15) is 0 Å². The zero-order valence-electron chi connectivity index (χ0n) is 5.03. The fourth-order valence-corrected chi connectivity index (χ4v) is 0.762. The van der Waals surface area contributed by atoms with Gasteiger partial charge in [-0.05, 0) is 0 Å². The number of rotatable bonds is 4. The zero-order valence-corrected chi connectivity index (χ0v) is 5.84. The van der Waals surface area contributed by atoms with Crippen LogP contribution in [0, 0.1) is 0 Å². The molecule has 0 fully saturated rings. The van der Waals surface area contributed by atoms with Crippen LogP contribution in [0.1, 0.15) is 0 Å². The van der Waals surface area contributed by atoms with E-state index in [0.717, 1.165) is 11.8 Å². The van der Waals surface area contributed by atoms with E-state index in [0.29, 0.717) is 0 Å². The summed E-state index contributed by atoms with van der Waals surface area (Å²) in [7, 11) is 0. The first-order valence-corrected chi connectivity index (χ1v) is 3.41. The lowest BCUT2D eigenvalue weighted by Crippen LogP contribution is -2.03. The third-order valence-electron chi connectivity index (χ3n) is 0.682. The maximum absolute atomic E-state index is 8.80. The van der Waals surface area contributed by atoms with Crippen molar-refractivity contribution in [1.82, 2.24) is 0 Å². The molecular weight excluding hydrogens is 136 g/mol. The molecule has 0 spiro atoms.